The summed E-state index contributed by atoms with van der Waals surface area (Å²) in [5.74, 6) is 1.03. The number of hydrogen-bond donors (Lipinski definition) is 1. The molecule has 4 rings (SSSR count). The minimum Gasteiger partial charge on any atom is -0.494 e. The Morgan fingerprint density at radius 1 is 1.04 bits per heavy atom. The van der Waals surface area contributed by atoms with Gasteiger partial charge in [-0.2, -0.15) is 0 Å². The summed E-state index contributed by atoms with van der Waals surface area (Å²) in [6.07, 6.45) is 0.990. The van der Waals surface area contributed by atoms with E-state index in [-0.39, 0.29) is 5.91 Å². The molecule has 28 heavy (non-hydrogen) atoms. The van der Waals surface area contributed by atoms with Crippen LogP contribution >= 0.6 is 0 Å². The van der Waals surface area contributed by atoms with Gasteiger partial charge in [0.15, 0.2) is 0 Å². The molecule has 1 saturated heterocycles. The molecular formula is C23H27N3O2. The summed E-state index contributed by atoms with van der Waals surface area (Å²) in [4.78, 5) is 20.4. The molecule has 146 valence electrons. The maximum absolute atomic E-state index is 12.8. The third-order valence-electron chi connectivity index (χ3n) is 5.33. The maximum atomic E-state index is 12.8. The van der Waals surface area contributed by atoms with E-state index in [0.717, 1.165) is 62.4 Å². The number of piperazine rings is 1. The first-order valence-corrected chi connectivity index (χ1v) is 9.98. The number of amides is 1. The van der Waals surface area contributed by atoms with Gasteiger partial charge in [0.25, 0.3) is 5.91 Å². The number of hydrogen-bond acceptors (Lipinski definition) is 3. The molecular weight excluding hydrogens is 350 g/mol. The van der Waals surface area contributed by atoms with Crippen LogP contribution in [0.25, 0.3) is 10.9 Å². The van der Waals surface area contributed by atoms with Crippen LogP contribution < -0.4 is 4.74 Å². The van der Waals surface area contributed by atoms with Gasteiger partial charge in [0, 0.05) is 43.6 Å². The Labute approximate surface area is 165 Å². The summed E-state index contributed by atoms with van der Waals surface area (Å²) in [7, 11) is 0. The lowest BCUT2D eigenvalue weighted by molar-refractivity contribution is 0.0626. The quantitative estimate of drug-likeness (QED) is 0.667. The Hall–Kier alpha value is -2.79. The van der Waals surface area contributed by atoms with E-state index in [2.05, 4.69) is 28.9 Å². The number of para-hydroxylation sites is 1. The van der Waals surface area contributed by atoms with Crippen molar-refractivity contribution in [2.24, 2.45) is 0 Å². The summed E-state index contributed by atoms with van der Waals surface area (Å²) in [5.41, 5.74) is 2.94. The first kappa shape index (κ1) is 18.6. The number of fused-ring (bicyclic) bond motifs is 1. The Kier molecular flexibility index (Phi) is 5.63. The van der Waals surface area contributed by atoms with Crippen molar-refractivity contribution in [3.63, 3.8) is 0 Å². The van der Waals surface area contributed by atoms with Gasteiger partial charge in [-0.15, -0.1) is 0 Å². The molecule has 0 saturated carbocycles. The number of benzene rings is 2. The first-order valence-electron chi connectivity index (χ1n) is 9.98. The second-order valence-electron chi connectivity index (χ2n) is 7.42. The highest BCUT2D eigenvalue weighted by Crippen LogP contribution is 2.17. The molecule has 2 aromatic carbocycles. The summed E-state index contributed by atoms with van der Waals surface area (Å²) in [6.45, 7) is 7.16. The molecule has 3 aromatic rings. The van der Waals surface area contributed by atoms with Gasteiger partial charge in [0.1, 0.15) is 11.4 Å². The van der Waals surface area contributed by atoms with Gasteiger partial charge in [0.2, 0.25) is 0 Å². The molecule has 0 radical (unpaired) electrons. The monoisotopic (exact) mass is 377 g/mol. The summed E-state index contributed by atoms with van der Waals surface area (Å²) in [6, 6.07) is 18.1. The van der Waals surface area contributed by atoms with Crippen molar-refractivity contribution in [2.75, 3.05) is 39.3 Å². The minimum atomic E-state index is 0.0959. The van der Waals surface area contributed by atoms with Crippen LogP contribution in [0.1, 0.15) is 22.5 Å². The third kappa shape index (κ3) is 4.37. The number of carbonyl (C=O) groups is 1. The molecule has 0 aliphatic carbocycles. The average Bonchev–Trinajstić information content (AvgIpc) is 3.17. The molecule has 2 heterocycles. The van der Waals surface area contributed by atoms with Crippen LogP contribution in [0.15, 0.2) is 54.6 Å². The van der Waals surface area contributed by atoms with E-state index in [1.807, 2.05) is 47.4 Å². The van der Waals surface area contributed by atoms with E-state index in [9.17, 15) is 4.79 Å². The normalized spacial score (nSPS) is 15.1. The van der Waals surface area contributed by atoms with E-state index in [4.69, 9.17) is 4.74 Å². The van der Waals surface area contributed by atoms with Crippen molar-refractivity contribution in [1.29, 1.82) is 0 Å². The predicted octanol–water partition coefficient (Wildman–Crippen LogP) is 3.70. The molecule has 5 nitrogen and oxygen atoms in total. The Morgan fingerprint density at radius 3 is 2.54 bits per heavy atom. The van der Waals surface area contributed by atoms with Crippen LogP contribution in [0.2, 0.25) is 0 Å². The Balaban J connectivity index is 1.21. The highest BCUT2D eigenvalue weighted by molar-refractivity contribution is 5.98. The number of H-pyrrole nitrogens is 1. The van der Waals surface area contributed by atoms with Gasteiger partial charge in [-0.3, -0.25) is 9.69 Å². The number of carbonyl (C=O) groups excluding carboxylic acids is 1. The van der Waals surface area contributed by atoms with Crippen LogP contribution in [0.4, 0.5) is 0 Å². The second-order valence-corrected chi connectivity index (χ2v) is 7.42. The topological polar surface area (TPSA) is 48.6 Å². The van der Waals surface area contributed by atoms with Gasteiger partial charge in [-0.1, -0.05) is 35.9 Å². The minimum absolute atomic E-state index is 0.0959. The van der Waals surface area contributed by atoms with E-state index in [1.54, 1.807) is 0 Å². The highest BCUT2D eigenvalue weighted by Gasteiger charge is 2.23. The van der Waals surface area contributed by atoms with Crippen molar-refractivity contribution in [3.8, 4) is 5.75 Å². The largest absolute Gasteiger partial charge is 0.494 e. The zero-order valence-corrected chi connectivity index (χ0v) is 16.4. The van der Waals surface area contributed by atoms with Gasteiger partial charge in [-0.25, -0.2) is 0 Å². The SMILES string of the molecule is Cc1ccc(OCCCN2CCN(C(=O)c3cc4ccccc4[nH]3)CC2)cc1. The fraction of sp³-hybridized carbons (Fsp3) is 0.348. The molecule has 0 unspecified atom stereocenters. The van der Waals surface area contributed by atoms with Crippen LogP contribution in [-0.4, -0.2) is 60.0 Å². The number of ether oxygens (including phenoxy) is 1. The lowest BCUT2D eigenvalue weighted by atomic mass is 10.2. The molecule has 0 spiro atoms. The Bertz CT molecular complexity index is 891. The molecule has 1 N–H and O–H groups in total. The molecule has 1 aromatic heterocycles. The number of aryl methyl sites for hydroxylation is 1. The molecule has 1 aliphatic rings. The van der Waals surface area contributed by atoms with Crippen molar-refractivity contribution < 1.29 is 9.53 Å². The van der Waals surface area contributed by atoms with Crippen LogP contribution in [0.3, 0.4) is 0 Å². The number of aromatic amines is 1. The third-order valence-corrected chi connectivity index (χ3v) is 5.33. The zero-order valence-electron chi connectivity index (χ0n) is 16.4. The van der Waals surface area contributed by atoms with Crippen molar-refractivity contribution in [2.45, 2.75) is 13.3 Å². The predicted molar refractivity (Wildman–Crippen MR) is 112 cm³/mol. The zero-order chi connectivity index (χ0) is 19.3. The number of aromatic nitrogens is 1. The van der Waals surface area contributed by atoms with E-state index >= 15 is 0 Å². The standard InChI is InChI=1S/C23H27N3O2/c1-18-7-9-20(10-8-18)28-16-4-11-25-12-14-26(15-13-25)23(27)22-17-19-5-2-3-6-21(19)24-22/h2-3,5-10,17,24H,4,11-16H2,1H3. The molecule has 0 bridgehead atoms. The fourth-order valence-corrected chi connectivity index (χ4v) is 3.65. The lowest BCUT2D eigenvalue weighted by Gasteiger charge is -2.34. The van der Waals surface area contributed by atoms with Crippen molar-refractivity contribution in [1.82, 2.24) is 14.8 Å². The second kappa shape index (κ2) is 8.48. The maximum Gasteiger partial charge on any atom is 0.270 e. The van der Waals surface area contributed by atoms with Crippen LogP contribution in [0, 0.1) is 6.92 Å². The molecule has 1 aliphatic heterocycles. The molecule has 1 amide bonds. The summed E-state index contributed by atoms with van der Waals surface area (Å²) < 4.78 is 5.80. The smallest absolute Gasteiger partial charge is 0.270 e. The number of rotatable bonds is 6. The summed E-state index contributed by atoms with van der Waals surface area (Å²) in [5, 5.41) is 1.08. The first-order chi connectivity index (χ1) is 13.7. The molecule has 1 fully saturated rings. The van der Waals surface area contributed by atoms with Gasteiger partial charge in [-0.05, 0) is 37.6 Å². The highest BCUT2D eigenvalue weighted by atomic mass is 16.5. The van der Waals surface area contributed by atoms with E-state index in [0.29, 0.717) is 5.69 Å². The van der Waals surface area contributed by atoms with E-state index < -0.39 is 0 Å². The summed E-state index contributed by atoms with van der Waals surface area (Å²) >= 11 is 0. The van der Waals surface area contributed by atoms with Gasteiger partial charge in [0.05, 0.1) is 6.61 Å². The van der Waals surface area contributed by atoms with E-state index in [1.165, 1.54) is 5.56 Å². The van der Waals surface area contributed by atoms with Gasteiger partial charge < -0.3 is 14.6 Å². The lowest BCUT2D eigenvalue weighted by Crippen LogP contribution is -2.49. The van der Waals surface area contributed by atoms with Crippen molar-refractivity contribution >= 4 is 16.8 Å². The average molecular weight is 377 g/mol. The Morgan fingerprint density at radius 2 is 1.79 bits per heavy atom. The van der Waals surface area contributed by atoms with Gasteiger partial charge >= 0.3 is 0 Å². The molecule has 0 atom stereocenters. The fourth-order valence-electron chi connectivity index (χ4n) is 3.65. The van der Waals surface area contributed by atoms with Crippen LogP contribution in [-0.2, 0) is 0 Å². The van der Waals surface area contributed by atoms with Crippen LogP contribution in [0.5, 0.6) is 5.75 Å². The molecule has 5 heteroatoms. The number of nitrogens with zero attached hydrogens (tertiary/aromatic N) is 2. The van der Waals surface area contributed by atoms with Crippen molar-refractivity contribution in [3.05, 3.63) is 65.9 Å². The number of nitrogens with one attached hydrogen (secondary N) is 1.